The van der Waals surface area contributed by atoms with Crippen LogP contribution in [0, 0.1) is 6.92 Å². The van der Waals surface area contributed by atoms with Crippen LogP contribution in [0.5, 0.6) is 0 Å². The van der Waals surface area contributed by atoms with Crippen LogP contribution in [0.4, 0.5) is 0 Å². The molecule has 0 aromatic rings. The molecule has 5 heteroatoms. The Labute approximate surface area is 48.6 Å². The summed E-state index contributed by atoms with van der Waals surface area (Å²) < 4.78 is 27.4. The van der Waals surface area contributed by atoms with Gasteiger partial charge in [0.2, 0.25) is 0 Å². The van der Waals surface area contributed by atoms with Crippen molar-refractivity contribution in [2.75, 3.05) is 5.75 Å². The van der Waals surface area contributed by atoms with Gasteiger partial charge in [0.1, 0.15) is 0 Å². The van der Waals surface area contributed by atoms with Crippen LogP contribution in [0.2, 0.25) is 0 Å². The van der Waals surface area contributed by atoms with Crippen molar-refractivity contribution < 1.29 is 18.4 Å². The van der Waals surface area contributed by atoms with E-state index in [1.165, 1.54) is 0 Å². The summed E-state index contributed by atoms with van der Waals surface area (Å²) >= 11 is 0. The second kappa shape index (κ2) is 3.82. The Morgan fingerprint density at radius 3 is 1.88 bits per heavy atom. The molecular formula is C3H9O4S. The zero-order chi connectivity index (χ0) is 5.91. The summed E-state index contributed by atoms with van der Waals surface area (Å²) in [5.74, 6) is -0.243. The third-order valence-electron chi connectivity index (χ3n) is 0.402. The van der Waals surface area contributed by atoms with E-state index in [1.807, 2.05) is 0 Å². The van der Waals surface area contributed by atoms with Crippen molar-refractivity contribution in [1.82, 2.24) is 0 Å². The minimum Gasteiger partial charge on any atom is -0.412 e. The fourth-order valence-electron chi connectivity index (χ4n) is 0.182. The van der Waals surface area contributed by atoms with E-state index in [0.29, 0.717) is 0 Å². The Morgan fingerprint density at radius 1 is 1.50 bits per heavy atom. The number of hydrogen-bond acceptors (Lipinski definition) is 2. The van der Waals surface area contributed by atoms with Crippen LogP contribution in [0.25, 0.3) is 0 Å². The molecule has 0 spiro atoms. The average Bonchev–Trinajstić information content (AvgIpc) is 1.30. The van der Waals surface area contributed by atoms with Gasteiger partial charge in [0.05, 0.1) is 5.75 Å². The van der Waals surface area contributed by atoms with Gasteiger partial charge in [-0.25, -0.2) is 0 Å². The molecule has 0 aromatic heterocycles. The molecule has 0 unspecified atom stereocenters. The van der Waals surface area contributed by atoms with Gasteiger partial charge in [-0.15, -0.1) is 0 Å². The smallest absolute Gasteiger partial charge is 0.264 e. The number of rotatable bonds is 2. The quantitative estimate of drug-likeness (QED) is 0.514. The zero-order valence-electron chi connectivity index (χ0n) is 4.29. The first-order valence-electron chi connectivity index (χ1n) is 1.80. The van der Waals surface area contributed by atoms with Crippen LogP contribution in [0.3, 0.4) is 0 Å². The summed E-state index contributed by atoms with van der Waals surface area (Å²) in [4.78, 5) is 0. The third-order valence-corrected chi connectivity index (χ3v) is 1.21. The molecule has 51 valence electrons. The molecule has 0 aliphatic carbocycles. The lowest BCUT2D eigenvalue weighted by Crippen LogP contribution is -2.01. The van der Waals surface area contributed by atoms with Gasteiger partial charge < -0.3 is 5.48 Å². The highest BCUT2D eigenvalue weighted by molar-refractivity contribution is 7.85. The van der Waals surface area contributed by atoms with E-state index in [0.717, 1.165) is 0 Å². The van der Waals surface area contributed by atoms with Crippen LogP contribution in [0.15, 0.2) is 0 Å². The molecule has 8 heavy (non-hydrogen) atoms. The molecule has 4 nitrogen and oxygen atoms in total. The maximum atomic E-state index is 9.75. The van der Waals surface area contributed by atoms with E-state index in [1.54, 1.807) is 0 Å². The van der Waals surface area contributed by atoms with E-state index in [2.05, 4.69) is 6.92 Å². The summed E-state index contributed by atoms with van der Waals surface area (Å²) in [6, 6.07) is 0. The summed E-state index contributed by atoms with van der Waals surface area (Å²) in [6.45, 7) is 3.23. The lowest BCUT2D eigenvalue weighted by Gasteiger charge is -1.85. The molecule has 1 radical (unpaired) electrons. The zero-order valence-corrected chi connectivity index (χ0v) is 5.11. The average molecular weight is 141 g/mol. The van der Waals surface area contributed by atoms with Crippen LogP contribution in [-0.4, -0.2) is 24.2 Å². The maximum absolute atomic E-state index is 9.75. The SMILES string of the molecule is O.[CH2]CCS(=O)(=O)O. The number of hydrogen-bond donors (Lipinski definition) is 1. The fraction of sp³-hybridized carbons (Fsp3) is 0.667. The standard InChI is InChI=1S/C3H7O3S.H2O/c1-2-3-7(4,5)6;/h1-3H2,(H,4,5,6);1H2. The first-order valence-corrected chi connectivity index (χ1v) is 3.41. The first kappa shape index (κ1) is 10.8. The van der Waals surface area contributed by atoms with Crippen molar-refractivity contribution in [3.8, 4) is 0 Å². The molecular weight excluding hydrogens is 132 g/mol. The van der Waals surface area contributed by atoms with Gasteiger partial charge in [0.15, 0.2) is 0 Å². The summed E-state index contributed by atoms with van der Waals surface area (Å²) in [5.41, 5.74) is 0. The first-order chi connectivity index (χ1) is 3.06. The van der Waals surface area contributed by atoms with E-state index in [9.17, 15) is 8.42 Å². The molecule has 0 fully saturated rings. The molecule has 0 aliphatic heterocycles. The molecule has 0 aliphatic rings. The van der Waals surface area contributed by atoms with Crippen molar-refractivity contribution in [3.63, 3.8) is 0 Å². The highest BCUT2D eigenvalue weighted by atomic mass is 32.2. The van der Waals surface area contributed by atoms with E-state index in [4.69, 9.17) is 4.55 Å². The molecule has 0 saturated carbocycles. The molecule has 3 N–H and O–H groups in total. The Balaban J connectivity index is 0. The topological polar surface area (TPSA) is 85.9 Å². The van der Waals surface area contributed by atoms with Crippen molar-refractivity contribution in [1.29, 1.82) is 0 Å². The Hall–Kier alpha value is -0.130. The molecule has 0 heterocycles. The van der Waals surface area contributed by atoms with E-state index < -0.39 is 10.1 Å². The van der Waals surface area contributed by atoms with Crippen LogP contribution in [-0.2, 0) is 10.1 Å². The predicted octanol–water partition coefficient (Wildman–Crippen LogP) is -0.726. The second-order valence-electron chi connectivity index (χ2n) is 1.14. The molecule has 0 aromatic carbocycles. The van der Waals surface area contributed by atoms with Gasteiger partial charge in [-0.2, -0.15) is 8.42 Å². The highest BCUT2D eigenvalue weighted by Gasteiger charge is 1.98. The lowest BCUT2D eigenvalue weighted by atomic mass is 10.6. The molecule has 0 bridgehead atoms. The molecule has 0 saturated heterocycles. The Bertz CT molecular complexity index is 124. The van der Waals surface area contributed by atoms with E-state index in [-0.39, 0.29) is 17.6 Å². The summed E-state index contributed by atoms with van der Waals surface area (Å²) in [5, 5.41) is 0. The maximum Gasteiger partial charge on any atom is 0.264 e. The van der Waals surface area contributed by atoms with Gasteiger partial charge in [-0.1, -0.05) is 6.92 Å². The minimum atomic E-state index is -3.74. The highest BCUT2D eigenvalue weighted by Crippen LogP contribution is 1.83. The molecule has 0 atom stereocenters. The Kier molecular flexibility index (Phi) is 5.15. The van der Waals surface area contributed by atoms with E-state index >= 15 is 0 Å². The summed E-state index contributed by atoms with van der Waals surface area (Å²) in [7, 11) is -3.74. The molecule has 0 amide bonds. The lowest BCUT2D eigenvalue weighted by molar-refractivity contribution is 0.483. The van der Waals surface area contributed by atoms with Gasteiger partial charge in [-0.3, -0.25) is 4.55 Å². The fourth-order valence-corrected chi connectivity index (χ4v) is 0.547. The predicted molar refractivity (Wildman–Crippen MR) is 30.0 cm³/mol. The van der Waals surface area contributed by atoms with Gasteiger partial charge in [0.25, 0.3) is 10.1 Å². The minimum absolute atomic E-state index is 0. The molecule has 0 rings (SSSR count). The van der Waals surface area contributed by atoms with Crippen molar-refractivity contribution in [2.45, 2.75) is 6.42 Å². The normalized spacial score (nSPS) is 10.2. The van der Waals surface area contributed by atoms with Gasteiger partial charge >= 0.3 is 0 Å². The monoisotopic (exact) mass is 141 g/mol. The van der Waals surface area contributed by atoms with Gasteiger partial charge in [0, 0.05) is 0 Å². The largest absolute Gasteiger partial charge is 0.412 e. The van der Waals surface area contributed by atoms with Gasteiger partial charge in [-0.05, 0) is 6.42 Å². The summed E-state index contributed by atoms with van der Waals surface area (Å²) in [6.07, 6.45) is 0.221. The second-order valence-corrected chi connectivity index (χ2v) is 2.71. The van der Waals surface area contributed by atoms with Crippen molar-refractivity contribution >= 4 is 10.1 Å². The Morgan fingerprint density at radius 2 is 1.88 bits per heavy atom. The van der Waals surface area contributed by atoms with Crippen molar-refractivity contribution in [2.24, 2.45) is 0 Å². The van der Waals surface area contributed by atoms with Crippen molar-refractivity contribution in [3.05, 3.63) is 6.92 Å². The van der Waals surface area contributed by atoms with Crippen LogP contribution >= 0.6 is 0 Å². The third kappa shape index (κ3) is 9.30. The van der Waals surface area contributed by atoms with Crippen LogP contribution < -0.4 is 0 Å². The van der Waals surface area contributed by atoms with Crippen LogP contribution in [0.1, 0.15) is 6.42 Å².